The predicted octanol–water partition coefficient (Wildman–Crippen LogP) is 4.04. The Kier molecular flexibility index (Phi) is 4.73. The summed E-state index contributed by atoms with van der Waals surface area (Å²) in [6.45, 7) is 4.26. The molecule has 0 unspecified atom stereocenters. The number of hydrogen-bond acceptors (Lipinski definition) is 5. The van der Waals surface area contributed by atoms with Gasteiger partial charge in [-0.3, -0.25) is 14.6 Å². The number of carbonyl (C=O) groups is 2. The van der Waals surface area contributed by atoms with Crippen molar-refractivity contribution in [2.75, 3.05) is 6.79 Å². The number of ketones is 1. The first-order valence-electron chi connectivity index (χ1n) is 10.7. The van der Waals surface area contributed by atoms with E-state index in [4.69, 9.17) is 15.2 Å². The second-order valence-corrected chi connectivity index (χ2v) is 8.56. The number of Topliss-reactive ketones (excluding diaryl/α,β-unsaturated/α-hetero) is 1. The van der Waals surface area contributed by atoms with Crippen molar-refractivity contribution in [3.8, 4) is 22.6 Å². The van der Waals surface area contributed by atoms with Crippen LogP contribution in [0.15, 0.2) is 48.7 Å². The highest BCUT2D eigenvalue weighted by Crippen LogP contribution is 2.51. The Morgan fingerprint density at radius 1 is 1.00 bits per heavy atom. The van der Waals surface area contributed by atoms with Gasteiger partial charge >= 0.3 is 0 Å². The van der Waals surface area contributed by atoms with Gasteiger partial charge in [0.1, 0.15) is 5.78 Å². The summed E-state index contributed by atoms with van der Waals surface area (Å²) in [5, 5.41) is 0. The molecule has 6 heteroatoms. The molecular weight excluding hydrogens is 404 g/mol. The van der Waals surface area contributed by atoms with Crippen molar-refractivity contribution in [2.45, 2.75) is 38.5 Å². The lowest BCUT2D eigenvalue weighted by molar-refractivity contribution is -0.120. The van der Waals surface area contributed by atoms with E-state index in [-0.39, 0.29) is 12.6 Å². The van der Waals surface area contributed by atoms with Crippen molar-refractivity contribution < 1.29 is 19.1 Å². The quantitative estimate of drug-likeness (QED) is 0.640. The highest BCUT2D eigenvalue weighted by atomic mass is 16.7. The molecular formula is C26H24N2O4. The van der Waals surface area contributed by atoms with Gasteiger partial charge in [-0.1, -0.05) is 18.2 Å². The van der Waals surface area contributed by atoms with Crippen LogP contribution in [0.3, 0.4) is 0 Å². The fourth-order valence-electron chi connectivity index (χ4n) is 4.41. The van der Waals surface area contributed by atoms with Crippen LogP contribution in [0, 0.1) is 13.8 Å². The van der Waals surface area contributed by atoms with Gasteiger partial charge in [0.05, 0.1) is 11.1 Å². The van der Waals surface area contributed by atoms with E-state index < -0.39 is 11.3 Å². The molecule has 0 saturated heterocycles. The molecule has 6 nitrogen and oxygen atoms in total. The minimum absolute atomic E-state index is 0.185. The maximum Gasteiger partial charge on any atom is 0.248 e. The second-order valence-electron chi connectivity index (χ2n) is 8.56. The zero-order valence-electron chi connectivity index (χ0n) is 18.1. The van der Waals surface area contributed by atoms with Crippen molar-refractivity contribution in [1.82, 2.24) is 4.98 Å². The number of primary amides is 1. The molecule has 1 amide bonds. The van der Waals surface area contributed by atoms with Gasteiger partial charge in [0, 0.05) is 23.7 Å². The van der Waals surface area contributed by atoms with E-state index in [1.807, 2.05) is 50.4 Å². The number of pyridine rings is 1. The molecule has 0 bridgehead atoms. The number of hydrogen-bond donors (Lipinski definition) is 1. The summed E-state index contributed by atoms with van der Waals surface area (Å²) >= 11 is 0. The van der Waals surface area contributed by atoms with E-state index in [2.05, 4.69) is 4.98 Å². The molecule has 32 heavy (non-hydrogen) atoms. The molecule has 1 aromatic heterocycles. The number of amides is 1. The van der Waals surface area contributed by atoms with Crippen molar-refractivity contribution in [2.24, 2.45) is 5.73 Å². The zero-order chi connectivity index (χ0) is 22.5. The van der Waals surface area contributed by atoms with Crippen molar-refractivity contribution in [3.63, 3.8) is 0 Å². The summed E-state index contributed by atoms with van der Waals surface area (Å²) in [6.07, 6.45) is 3.79. The number of carbonyl (C=O) groups excluding carboxylic acids is 2. The minimum Gasteiger partial charge on any atom is -0.454 e. The number of nitrogens with two attached hydrogens (primary N) is 1. The summed E-state index contributed by atoms with van der Waals surface area (Å²) in [5.41, 5.74) is 11.2. The van der Waals surface area contributed by atoms with E-state index in [9.17, 15) is 9.59 Å². The van der Waals surface area contributed by atoms with Crippen LogP contribution in [-0.4, -0.2) is 23.5 Å². The second kappa shape index (κ2) is 7.48. The van der Waals surface area contributed by atoms with Crippen LogP contribution in [0.25, 0.3) is 11.1 Å². The zero-order valence-corrected chi connectivity index (χ0v) is 18.1. The van der Waals surface area contributed by atoms with Gasteiger partial charge in [0.15, 0.2) is 11.5 Å². The lowest BCUT2D eigenvalue weighted by Crippen LogP contribution is -2.23. The normalized spacial score (nSPS) is 15.4. The molecule has 0 atom stereocenters. The van der Waals surface area contributed by atoms with Gasteiger partial charge in [-0.15, -0.1) is 0 Å². The first kappa shape index (κ1) is 20.2. The molecule has 3 aromatic rings. The summed E-state index contributed by atoms with van der Waals surface area (Å²) < 4.78 is 10.9. The molecule has 1 aliphatic heterocycles. The molecule has 0 spiro atoms. The minimum atomic E-state index is -0.452. The highest BCUT2D eigenvalue weighted by Gasteiger charge is 2.51. The van der Waals surface area contributed by atoms with Gasteiger partial charge in [-0.25, -0.2) is 0 Å². The molecule has 2 aliphatic rings. The molecule has 2 aromatic carbocycles. The van der Waals surface area contributed by atoms with Gasteiger partial charge in [-0.05, 0) is 73.2 Å². The number of aromatic nitrogens is 1. The van der Waals surface area contributed by atoms with Gasteiger partial charge in [0.2, 0.25) is 12.7 Å². The van der Waals surface area contributed by atoms with Crippen LogP contribution in [0.5, 0.6) is 11.5 Å². The lowest BCUT2D eigenvalue weighted by atomic mass is 9.87. The third-order valence-corrected chi connectivity index (χ3v) is 6.77. The van der Waals surface area contributed by atoms with Gasteiger partial charge < -0.3 is 15.2 Å². The van der Waals surface area contributed by atoms with E-state index in [0.717, 1.165) is 52.1 Å². The molecule has 162 valence electrons. The van der Waals surface area contributed by atoms with Crippen LogP contribution in [0.1, 0.15) is 45.6 Å². The van der Waals surface area contributed by atoms with E-state index in [1.54, 1.807) is 12.1 Å². The van der Waals surface area contributed by atoms with E-state index >= 15 is 0 Å². The molecule has 5 rings (SSSR count). The first-order chi connectivity index (χ1) is 15.4. The SMILES string of the molecule is Cc1c(-c2ccc(C(N)=O)cc2)cnc(CC(=O)C2(c3ccc4c(c3)OCO4)CC2)c1C. The number of benzene rings is 2. The van der Waals surface area contributed by atoms with Crippen molar-refractivity contribution in [3.05, 3.63) is 76.6 Å². The van der Waals surface area contributed by atoms with Crippen molar-refractivity contribution in [1.29, 1.82) is 0 Å². The summed E-state index contributed by atoms with van der Waals surface area (Å²) in [6, 6.07) is 13.0. The monoisotopic (exact) mass is 428 g/mol. The van der Waals surface area contributed by atoms with Crippen LogP contribution in [0.2, 0.25) is 0 Å². The summed E-state index contributed by atoms with van der Waals surface area (Å²) in [5.74, 6) is 1.17. The Labute approximate surface area is 186 Å². The largest absolute Gasteiger partial charge is 0.454 e. The van der Waals surface area contributed by atoms with E-state index in [0.29, 0.717) is 17.7 Å². The Bertz CT molecular complexity index is 1240. The standard InChI is InChI=1S/C26H24N2O4/c1-15-16(2)21(28-13-20(15)17-3-5-18(6-4-17)25(27)30)12-24(29)26(9-10-26)19-7-8-22-23(11-19)32-14-31-22/h3-8,11,13H,9-10,12,14H2,1-2H3,(H2,27,30). The number of fused-ring (bicyclic) bond motifs is 1. The molecule has 0 radical (unpaired) electrons. The maximum atomic E-state index is 13.4. The average Bonchev–Trinajstić information content (AvgIpc) is 3.48. The Balaban J connectivity index is 1.39. The fourth-order valence-corrected chi connectivity index (χ4v) is 4.41. The van der Waals surface area contributed by atoms with Crippen LogP contribution >= 0.6 is 0 Å². The lowest BCUT2D eigenvalue weighted by Gasteiger charge is -2.17. The maximum absolute atomic E-state index is 13.4. The fraction of sp³-hybridized carbons (Fsp3) is 0.269. The van der Waals surface area contributed by atoms with Crippen LogP contribution in [-0.2, 0) is 16.6 Å². The van der Waals surface area contributed by atoms with Crippen LogP contribution < -0.4 is 15.2 Å². The molecule has 1 aliphatic carbocycles. The van der Waals surface area contributed by atoms with Gasteiger partial charge in [-0.2, -0.15) is 0 Å². The Hall–Kier alpha value is -3.67. The Morgan fingerprint density at radius 2 is 1.72 bits per heavy atom. The smallest absolute Gasteiger partial charge is 0.248 e. The van der Waals surface area contributed by atoms with Crippen LogP contribution in [0.4, 0.5) is 0 Å². The summed E-state index contributed by atoms with van der Waals surface area (Å²) in [4.78, 5) is 29.3. The summed E-state index contributed by atoms with van der Waals surface area (Å²) in [7, 11) is 0. The van der Waals surface area contributed by atoms with Gasteiger partial charge in [0.25, 0.3) is 0 Å². The average molecular weight is 428 g/mol. The van der Waals surface area contributed by atoms with E-state index in [1.165, 1.54) is 0 Å². The highest BCUT2D eigenvalue weighted by molar-refractivity contribution is 5.95. The first-order valence-corrected chi connectivity index (χ1v) is 10.7. The Morgan fingerprint density at radius 3 is 2.41 bits per heavy atom. The molecule has 2 heterocycles. The third kappa shape index (κ3) is 3.32. The third-order valence-electron chi connectivity index (χ3n) is 6.77. The van der Waals surface area contributed by atoms with Crippen molar-refractivity contribution >= 4 is 11.7 Å². The molecule has 1 saturated carbocycles. The predicted molar refractivity (Wildman–Crippen MR) is 120 cm³/mol. The number of nitrogens with zero attached hydrogens (tertiary/aromatic N) is 1. The number of ether oxygens (including phenoxy) is 2. The molecule has 1 fully saturated rings. The number of rotatable bonds is 6. The molecule has 2 N–H and O–H groups in total. The topological polar surface area (TPSA) is 91.5 Å².